The molecule has 0 bridgehead atoms. The second-order valence-corrected chi connectivity index (χ2v) is 17.1. The maximum atomic E-state index is 6.11. The van der Waals surface area contributed by atoms with Gasteiger partial charge in [-0.2, -0.15) is 0 Å². The lowest BCUT2D eigenvalue weighted by atomic mass is 9.91. The fourth-order valence-electron chi connectivity index (χ4n) is 9.14. The van der Waals surface area contributed by atoms with E-state index >= 15 is 0 Å². The molecule has 0 saturated carbocycles. The van der Waals surface area contributed by atoms with E-state index in [9.17, 15) is 0 Å². The molecule has 0 spiro atoms. The van der Waals surface area contributed by atoms with Crippen molar-refractivity contribution in [2.75, 3.05) is 0 Å². The van der Waals surface area contributed by atoms with E-state index in [1.807, 2.05) is 23.5 Å². The summed E-state index contributed by atoms with van der Waals surface area (Å²) in [5.74, 6) is 0. The molecule has 2 heterocycles. The monoisotopic (exact) mass is 806 g/mol. The fraction of sp³-hybridized carbons (Fsp3) is 0. The molecular formula is C60H38OS. The van der Waals surface area contributed by atoms with Crippen LogP contribution in [-0.4, -0.2) is 0 Å². The van der Waals surface area contributed by atoms with Crippen molar-refractivity contribution in [1.29, 1.82) is 0 Å². The lowest BCUT2D eigenvalue weighted by Crippen LogP contribution is -1.88. The van der Waals surface area contributed by atoms with Gasteiger partial charge in [0, 0.05) is 30.9 Å². The number of rotatable bonds is 7. The first-order valence-electron chi connectivity index (χ1n) is 21.1. The van der Waals surface area contributed by atoms with Crippen LogP contribution < -0.4 is 0 Å². The van der Waals surface area contributed by atoms with Gasteiger partial charge in [-0.1, -0.05) is 164 Å². The molecule has 0 aliphatic heterocycles. The van der Waals surface area contributed by atoms with Crippen molar-refractivity contribution in [1.82, 2.24) is 0 Å². The predicted molar refractivity (Wildman–Crippen MR) is 265 cm³/mol. The molecule has 0 saturated heterocycles. The summed E-state index contributed by atoms with van der Waals surface area (Å²) >= 11 is 1.88. The van der Waals surface area contributed by atoms with Crippen molar-refractivity contribution in [2.45, 2.75) is 0 Å². The molecule has 12 rings (SSSR count). The van der Waals surface area contributed by atoms with Crippen LogP contribution in [0.2, 0.25) is 0 Å². The maximum Gasteiger partial charge on any atom is 0.135 e. The highest BCUT2D eigenvalue weighted by atomic mass is 32.1. The van der Waals surface area contributed by atoms with Gasteiger partial charge in [0.15, 0.2) is 0 Å². The molecule has 12 aromatic rings. The van der Waals surface area contributed by atoms with Gasteiger partial charge in [0.2, 0.25) is 0 Å². The predicted octanol–water partition coefficient (Wildman–Crippen LogP) is 17.6. The zero-order valence-corrected chi connectivity index (χ0v) is 34.6. The van der Waals surface area contributed by atoms with Gasteiger partial charge >= 0.3 is 0 Å². The molecule has 2 aromatic heterocycles. The van der Waals surface area contributed by atoms with E-state index in [4.69, 9.17) is 4.42 Å². The zero-order chi connectivity index (χ0) is 41.0. The first-order valence-corrected chi connectivity index (χ1v) is 21.9. The summed E-state index contributed by atoms with van der Waals surface area (Å²) in [6.45, 7) is 0. The van der Waals surface area contributed by atoms with Crippen molar-refractivity contribution in [3.63, 3.8) is 0 Å². The molecule has 2 heteroatoms. The quantitative estimate of drug-likeness (QED) is 0.156. The van der Waals surface area contributed by atoms with Crippen LogP contribution in [0.5, 0.6) is 0 Å². The van der Waals surface area contributed by atoms with Crippen molar-refractivity contribution < 1.29 is 4.42 Å². The molecule has 0 radical (unpaired) electrons. The summed E-state index contributed by atoms with van der Waals surface area (Å²) in [7, 11) is 0. The summed E-state index contributed by atoms with van der Waals surface area (Å²) < 4.78 is 8.76. The van der Waals surface area contributed by atoms with Crippen LogP contribution in [0.1, 0.15) is 0 Å². The molecule has 0 unspecified atom stereocenters. The molecule has 0 aliphatic rings. The van der Waals surface area contributed by atoms with E-state index < -0.39 is 0 Å². The van der Waals surface area contributed by atoms with Crippen molar-refractivity contribution in [2.24, 2.45) is 0 Å². The number of hydrogen-bond acceptors (Lipinski definition) is 2. The second kappa shape index (κ2) is 15.0. The van der Waals surface area contributed by atoms with Crippen molar-refractivity contribution in [3.8, 4) is 77.9 Å². The molecule has 0 amide bonds. The van der Waals surface area contributed by atoms with Crippen LogP contribution >= 0.6 is 11.3 Å². The molecule has 0 atom stereocenters. The topological polar surface area (TPSA) is 13.1 Å². The Hall–Kier alpha value is -7.78. The van der Waals surface area contributed by atoms with Crippen LogP contribution in [0, 0.1) is 0 Å². The van der Waals surface area contributed by atoms with Gasteiger partial charge in [0.05, 0.1) is 0 Å². The van der Waals surface area contributed by atoms with Crippen LogP contribution in [0.3, 0.4) is 0 Å². The number of furan rings is 1. The van der Waals surface area contributed by atoms with Gasteiger partial charge in [0.25, 0.3) is 0 Å². The third-order valence-electron chi connectivity index (χ3n) is 12.2. The van der Waals surface area contributed by atoms with Gasteiger partial charge in [-0.25, -0.2) is 0 Å². The Morgan fingerprint density at radius 3 is 1.29 bits per heavy atom. The Morgan fingerprint density at radius 1 is 0.242 bits per heavy atom. The average Bonchev–Trinajstić information content (AvgIpc) is 3.93. The van der Waals surface area contributed by atoms with Gasteiger partial charge in [-0.05, 0) is 145 Å². The Labute approximate surface area is 364 Å². The molecule has 10 aromatic carbocycles. The van der Waals surface area contributed by atoms with Gasteiger partial charge in [-0.15, -0.1) is 11.3 Å². The summed E-state index contributed by atoms with van der Waals surface area (Å²) in [5, 5.41) is 4.92. The SMILES string of the molecule is c1ccc(-c2cc(-c3cccc(-c4cccc(-c5cccc(-c6cccc(-c7ccc8oc9ccccc9c8c7)c6)c5)c4)c3)cc(-c3cccc4c3sc3ccccc34)c2)cc1. The highest BCUT2D eigenvalue weighted by molar-refractivity contribution is 7.26. The Balaban J connectivity index is 0.889. The smallest absolute Gasteiger partial charge is 0.135 e. The van der Waals surface area contributed by atoms with E-state index in [0.717, 1.165) is 21.9 Å². The van der Waals surface area contributed by atoms with Gasteiger partial charge < -0.3 is 4.42 Å². The normalized spacial score (nSPS) is 11.5. The standard InChI is InChI=1S/C60H38OS/c1-2-13-39(14-3-1)49-35-50(37-51(36-49)52-25-12-26-55-54-24-5-7-28-59(54)62-60(52)55)47-22-11-20-45(34-47)43-18-9-16-41(32-43)40-15-8-17-42(31-40)44-19-10-21-46(33-44)48-29-30-58-56(38-48)53-23-4-6-27-57(53)61-58/h1-38H. The third kappa shape index (κ3) is 6.50. The molecule has 1 nitrogen and oxygen atoms in total. The third-order valence-corrected chi connectivity index (χ3v) is 13.5. The zero-order valence-electron chi connectivity index (χ0n) is 33.8. The lowest BCUT2D eigenvalue weighted by molar-refractivity contribution is 0.669. The summed E-state index contributed by atoms with van der Waals surface area (Å²) in [5.41, 5.74) is 18.6. The molecule has 0 N–H and O–H groups in total. The van der Waals surface area contributed by atoms with E-state index in [-0.39, 0.29) is 0 Å². The fourth-order valence-corrected chi connectivity index (χ4v) is 10.4. The van der Waals surface area contributed by atoms with Crippen LogP contribution in [-0.2, 0) is 0 Å². The van der Waals surface area contributed by atoms with Crippen molar-refractivity contribution in [3.05, 3.63) is 231 Å². The minimum atomic E-state index is 0.913. The summed E-state index contributed by atoms with van der Waals surface area (Å²) in [6, 6.07) is 83.8. The first kappa shape index (κ1) is 36.1. The van der Waals surface area contributed by atoms with E-state index in [2.05, 4.69) is 218 Å². The number of para-hydroxylation sites is 1. The minimum Gasteiger partial charge on any atom is -0.456 e. The Kier molecular flexibility index (Phi) is 8.76. The van der Waals surface area contributed by atoms with Crippen molar-refractivity contribution >= 4 is 53.4 Å². The largest absolute Gasteiger partial charge is 0.456 e. The van der Waals surface area contributed by atoms with Gasteiger partial charge in [0.1, 0.15) is 11.2 Å². The second-order valence-electron chi connectivity index (χ2n) is 16.1. The Morgan fingerprint density at radius 2 is 0.661 bits per heavy atom. The highest BCUT2D eigenvalue weighted by Gasteiger charge is 2.15. The van der Waals surface area contributed by atoms with Crippen LogP contribution in [0.25, 0.3) is 120 Å². The minimum absolute atomic E-state index is 0.913. The number of thiophene rings is 1. The van der Waals surface area contributed by atoms with Crippen LogP contribution in [0.15, 0.2) is 235 Å². The lowest BCUT2D eigenvalue weighted by Gasteiger charge is -2.13. The number of hydrogen-bond donors (Lipinski definition) is 0. The van der Waals surface area contributed by atoms with Gasteiger partial charge in [-0.3, -0.25) is 0 Å². The van der Waals surface area contributed by atoms with E-state index in [1.54, 1.807) is 0 Å². The Bertz CT molecular complexity index is 3640. The van der Waals surface area contributed by atoms with E-state index in [0.29, 0.717) is 0 Å². The molecule has 62 heavy (non-hydrogen) atoms. The summed E-state index contributed by atoms with van der Waals surface area (Å²) in [6.07, 6.45) is 0. The number of benzene rings is 10. The summed E-state index contributed by atoms with van der Waals surface area (Å²) in [4.78, 5) is 0. The molecule has 0 aliphatic carbocycles. The number of fused-ring (bicyclic) bond motifs is 6. The maximum absolute atomic E-state index is 6.11. The van der Waals surface area contributed by atoms with Crippen LogP contribution in [0.4, 0.5) is 0 Å². The van der Waals surface area contributed by atoms with E-state index in [1.165, 1.54) is 98.1 Å². The highest BCUT2D eigenvalue weighted by Crippen LogP contribution is 2.43. The average molecular weight is 807 g/mol. The first-order chi connectivity index (χ1) is 30.7. The molecule has 290 valence electrons. The molecular weight excluding hydrogens is 769 g/mol. The molecule has 0 fully saturated rings.